The maximum absolute atomic E-state index is 12.0. The predicted octanol–water partition coefficient (Wildman–Crippen LogP) is 3.07. The Morgan fingerprint density at radius 2 is 1.86 bits per heavy atom. The fraction of sp³-hybridized carbons (Fsp3) is 0.125. The number of hydrazone groups is 1. The molecule has 0 atom stereocenters. The van der Waals surface area contributed by atoms with Crippen LogP contribution >= 0.6 is 22.6 Å². The number of amides is 1. The number of carbonyl (C=O) groups excluding carboxylic acids is 1. The third kappa shape index (κ3) is 4.20. The van der Waals surface area contributed by atoms with E-state index in [2.05, 4.69) is 33.1 Å². The average Bonchev–Trinajstić information content (AvgIpc) is 2.55. The van der Waals surface area contributed by atoms with Gasteiger partial charge in [0.05, 0.1) is 24.0 Å². The molecule has 0 aliphatic carbocycles. The maximum Gasteiger partial charge on any atom is 0.271 e. The SMILES string of the molecule is COc1ccc(/C=N\NC(=O)c2ccc(OC)c(I)c2)cc1. The second kappa shape index (κ2) is 7.79. The molecule has 2 aromatic rings. The van der Waals surface area contributed by atoms with Gasteiger partial charge >= 0.3 is 0 Å². The number of nitrogens with one attached hydrogen (secondary N) is 1. The monoisotopic (exact) mass is 410 g/mol. The largest absolute Gasteiger partial charge is 0.497 e. The van der Waals surface area contributed by atoms with Gasteiger partial charge in [0, 0.05) is 5.56 Å². The molecule has 6 heteroatoms. The van der Waals surface area contributed by atoms with E-state index in [4.69, 9.17) is 9.47 Å². The number of halogens is 1. The van der Waals surface area contributed by atoms with Crippen LogP contribution in [-0.4, -0.2) is 26.3 Å². The summed E-state index contributed by atoms with van der Waals surface area (Å²) < 4.78 is 11.1. The molecule has 0 fully saturated rings. The highest BCUT2D eigenvalue weighted by atomic mass is 127. The van der Waals surface area contributed by atoms with Crippen LogP contribution in [0, 0.1) is 3.57 Å². The molecule has 0 heterocycles. The van der Waals surface area contributed by atoms with E-state index in [0.29, 0.717) is 5.56 Å². The molecule has 0 spiro atoms. The lowest BCUT2D eigenvalue weighted by Crippen LogP contribution is -2.17. The van der Waals surface area contributed by atoms with E-state index in [1.165, 1.54) is 0 Å². The van der Waals surface area contributed by atoms with Crippen LogP contribution in [0.25, 0.3) is 0 Å². The minimum absolute atomic E-state index is 0.273. The Labute approximate surface area is 142 Å². The highest BCUT2D eigenvalue weighted by molar-refractivity contribution is 14.1. The van der Waals surface area contributed by atoms with Crippen molar-refractivity contribution >= 4 is 34.7 Å². The molecular weight excluding hydrogens is 395 g/mol. The molecule has 0 radical (unpaired) electrons. The first-order valence-electron chi connectivity index (χ1n) is 6.45. The number of carbonyl (C=O) groups is 1. The van der Waals surface area contributed by atoms with Gasteiger partial charge in [-0.15, -0.1) is 0 Å². The number of methoxy groups -OCH3 is 2. The lowest BCUT2D eigenvalue weighted by Gasteiger charge is -2.05. The van der Waals surface area contributed by atoms with Gasteiger partial charge in [0.2, 0.25) is 0 Å². The summed E-state index contributed by atoms with van der Waals surface area (Å²) in [7, 11) is 3.20. The molecule has 2 aromatic carbocycles. The first kappa shape index (κ1) is 16.3. The molecule has 0 saturated heterocycles. The minimum atomic E-state index is -0.273. The van der Waals surface area contributed by atoms with Gasteiger partial charge in [0.15, 0.2) is 0 Å². The summed E-state index contributed by atoms with van der Waals surface area (Å²) in [5.74, 6) is 1.23. The van der Waals surface area contributed by atoms with Crippen molar-refractivity contribution in [2.24, 2.45) is 5.10 Å². The van der Waals surface area contributed by atoms with Gasteiger partial charge < -0.3 is 9.47 Å². The molecular formula is C16H15IN2O3. The topological polar surface area (TPSA) is 59.9 Å². The minimum Gasteiger partial charge on any atom is -0.497 e. The van der Waals surface area contributed by atoms with Gasteiger partial charge in [-0.05, 0) is 70.6 Å². The van der Waals surface area contributed by atoms with E-state index in [9.17, 15) is 4.79 Å². The van der Waals surface area contributed by atoms with Crippen molar-refractivity contribution < 1.29 is 14.3 Å². The number of benzene rings is 2. The molecule has 2 rings (SSSR count). The van der Waals surface area contributed by atoms with Crippen molar-refractivity contribution in [2.45, 2.75) is 0 Å². The van der Waals surface area contributed by atoms with Crippen LogP contribution in [-0.2, 0) is 0 Å². The zero-order valence-corrected chi connectivity index (χ0v) is 14.3. The molecule has 0 aromatic heterocycles. The fourth-order valence-electron chi connectivity index (χ4n) is 1.73. The van der Waals surface area contributed by atoms with Crippen LogP contribution in [0.5, 0.6) is 11.5 Å². The van der Waals surface area contributed by atoms with Gasteiger partial charge in [-0.2, -0.15) is 5.10 Å². The third-order valence-electron chi connectivity index (χ3n) is 2.91. The van der Waals surface area contributed by atoms with Crippen LogP contribution < -0.4 is 14.9 Å². The van der Waals surface area contributed by atoms with Crippen LogP contribution in [0.2, 0.25) is 0 Å². The highest BCUT2D eigenvalue weighted by Crippen LogP contribution is 2.21. The van der Waals surface area contributed by atoms with E-state index < -0.39 is 0 Å². The van der Waals surface area contributed by atoms with Gasteiger partial charge in [0.25, 0.3) is 5.91 Å². The Morgan fingerprint density at radius 3 is 2.45 bits per heavy atom. The van der Waals surface area contributed by atoms with E-state index in [-0.39, 0.29) is 5.91 Å². The Balaban J connectivity index is 1.99. The van der Waals surface area contributed by atoms with Crippen LogP contribution in [0.3, 0.4) is 0 Å². The number of rotatable bonds is 5. The summed E-state index contributed by atoms with van der Waals surface area (Å²) in [5.41, 5.74) is 3.89. The highest BCUT2D eigenvalue weighted by Gasteiger charge is 2.07. The molecule has 0 unspecified atom stereocenters. The van der Waals surface area contributed by atoms with Crippen LogP contribution in [0.1, 0.15) is 15.9 Å². The Bertz CT molecular complexity index is 684. The van der Waals surface area contributed by atoms with Crippen molar-refractivity contribution in [3.05, 3.63) is 57.2 Å². The predicted molar refractivity (Wildman–Crippen MR) is 93.8 cm³/mol. The first-order chi connectivity index (χ1) is 10.6. The van der Waals surface area contributed by atoms with Gasteiger partial charge in [-0.1, -0.05) is 0 Å². The molecule has 0 aliphatic heterocycles. The summed E-state index contributed by atoms with van der Waals surface area (Å²) in [4.78, 5) is 12.0. The van der Waals surface area contributed by atoms with Crippen molar-refractivity contribution in [1.29, 1.82) is 0 Å². The standard InChI is InChI=1S/C16H15IN2O3/c1-21-13-6-3-11(4-7-13)10-18-19-16(20)12-5-8-15(22-2)14(17)9-12/h3-10H,1-2H3,(H,19,20)/b18-10-. The summed E-state index contributed by atoms with van der Waals surface area (Å²) in [6.07, 6.45) is 1.58. The number of hydrogen-bond acceptors (Lipinski definition) is 4. The number of hydrogen-bond donors (Lipinski definition) is 1. The fourth-order valence-corrected chi connectivity index (χ4v) is 2.46. The van der Waals surface area contributed by atoms with Crippen molar-refractivity contribution in [2.75, 3.05) is 14.2 Å². The van der Waals surface area contributed by atoms with Crippen LogP contribution in [0.4, 0.5) is 0 Å². The molecule has 114 valence electrons. The summed E-state index contributed by atoms with van der Waals surface area (Å²) >= 11 is 2.12. The van der Waals surface area contributed by atoms with E-state index in [1.807, 2.05) is 24.3 Å². The second-order valence-electron chi connectivity index (χ2n) is 4.32. The second-order valence-corrected chi connectivity index (χ2v) is 5.48. The smallest absolute Gasteiger partial charge is 0.271 e. The van der Waals surface area contributed by atoms with Crippen LogP contribution in [0.15, 0.2) is 47.6 Å². The van der Waals surface area contributed by atoms with Crippen molar-refractivity contribution in [3.8, 4) is 11.5 Å². The van der Waals surface area contributed by atoms with E-state index in [0.717, 1.165) is 20.6 Å². The maximum atomic E-state index is 12.0. The van der Waals surface area contributed by atoms with Crippen molar-refractivity contribution in [3.63, 3.8) is 0 Å². The van der Waals surface area contributed by atoms with E-state index in [1.54, 1.807) is 38.6 Å². The quantitative estimate of drug-likeness (QED) is 0.468. The Kier molecular flexibility index (Phi) is 5.76. The summed E-state index contributed by atoms with van der Waals surface area (Å²) in [6, 6.07) is 12.6. The molecule has 1 amide bonds. The molecule has 1 N–H and O–H groups in total. The molecule has 0 saturated carbocycles. The summed E-state index contributed by atoms with van der Waals surface area (Å²) in [6.45, 7) is 0. The zero-order valence-electron chi connectivity index (χ0n) is 12.2. The first-order valence-corrected chi connectivity index (χ1v) is 7.53. The van der Waals surface area contributed by atoms with Gasteiger partial charge in [-0.25, -0.2) is 5.43 Å². The van der Waals surface area contributed by atoms with Crippen molar-refractivity contribution in [1.82, 2.24) is 5.43 Å². The lowest BCUT2D eigenvalue weighted by molar-refractivity contribution is 0.0955. The Morgan fingerprint density at radius 1 is 1.14 bits per heavy atom. The normalized spacial score (nSPS) is 10.5. The molecule has 0 aliphatic rings. The molecule has 5 nitrogen and oxygen atoms in total. The average molecular weight is 410 g/mol. The lowest BCUT2D eigenvalue weighted by atomic mass is 10.2. The van der Waals surface area contributed by atoms with Gasteiger partial charge in [0.1, 0.15) is 11.5 Å². The molecule has 22 heavy (non-hydrogen) atoms. The zero-order chi connectivity index (χ0) is 15.9. The van der Waals surface area contributed by atoms with E-state index >= 15 is 0 Å². The number of nitrogens with zero attached hydrogens (tertiary/aromatic N) is 1. The van der Waals surface area contributed by atoms with Gasteiger partial charge in [-0.3, -0.25) is 4.79 Å². The summed E-state index contributed by atoms with van der Waals surface area (Å²) in [5, 5.41) is 3.95. The molecule has 0 bridgehead atoms. The third-order valence-corrected chi connectivity index (χ3v) is 3.75. The number of ether oxygens (including phenoxy) is 2. The Hall–Kier alpha value is -2.09.